The Morgan fingerprint density at radius 1 is 1.15 bits per heavy atom. The van der Waals surface area contributed by atoms with Crippen molar-refractivity contribution >= 4 is 0 Å². The normalized spacial score (nSPS) is 13.6. The Bertz CT molecular complexity index is 102. The Kier molecular flexibility index (Phi) is 8.46. The summed E-state index contributed by atoms with van der Waals surface area (Å²) in [5.41, 5.74) is 0. The van der Waals surface area contributed by atoms with Gasteiger partial charge < -0.3 is 10.1 Å². The molecule has 0 radical (unpaired) electrons. The molecule has 1 unspecified atom stereocenters. The molecule has 1 atom stereocenters. The minimum absolute atomic E-state index is 0.348. The lowest BCUT2D eigenvalue weighted by atomic mass is 10.1. The van der Waals surface area contributed by atoms with Crippen molar-refractivity contribution in [2.75, 3.05) is 13.2 Å². The van der Waals surface area contributed by atoms with E-state index < -0.39 is 0 Å². The minimum Gasteiger partial charge on any atom is -0.377 e. The van der Waals surface area contributed by atoms with E-state index in [9.17, 15) is 0 Å². The smallest absolute Gasteiger partial charge is 0.0671 e. The van der Waals surface area contributed by atoms with Gasteiger partial charge >= 0.3 is 0 Å². The van der Waals surface area contributed by atoms with E-state index in [2.05, 4.69) is 33.0 Å². The van der Waals surface area contributed by atoms with Crippen LogP contribution in [0.5, 0.6) is 0 Å². The van der Waals surface area contributed by atoms with Crippen LogP contribution in [0.2, 0.25) is 0 Å². The molecule has 0 saturated carbocycles. The summed E-state index contributed by atoms with van der Waals surface area (Å²) in [6.07, 6.45) is 3.86. The molecule has 1 N–H and O–H groups in total. The zero-order chi connectivity index (χ0) is 10.1. The summed E-state index contributed by atoms with van der Waals surface area (Å²) < 4.78 is 5.57. The van der Waals surface area contributed by atoms with Gasteiger partial charge in [0.15, 0.2) is 0 Å². The van der Waals surface area contributed by atoms with Gasteiger partial charge in [0.25, 0.3) is 0 Å². The van der Waals surface area contributed by atoms with Gasteiger partial charge in [-0.15, -0.1) is 0 Å². The highest BCUT2D eigenvalue weighted by molar-refractivity contribution is 4.64. The van der Waals surface area contributed by atoms with E-state index >= 15 is 0 Å². The molecule has 2 heteroatoms. The van der Waals surface area contributed by atoms with Crippen molar-refractivity contribution < 1.29 is 4.74 Å². The van der Waals surface area contributed by atoms with Crippen LogP contribution in [0, 0.1) is 0 Å². The maximum absolute atomic E-state index is 5.57. The number of hydrogen-bond acceptors (Lipinski definition) is 2. The molecule has 0 aromatic carbocycles. The first-order chi connectivity index (χ1) is 6.24. The van der Waals surface area contributed by atoms with Gasteiger partial charge in [-0.1, -0.05) is 20.8 Å². The van der Waals surface area contributed by atoms with E-state index in [0.29, 0.717) is 12.1 Å². The molecule has 13 heavy (non-hydrogen) atoms. The predicted molar refractivity (Wildman–Crippen MR) is 58.1 cm³/mol. The van der Waals surface area contributed by atoms with Crippen LogP contribution in [0.4, 0.5) is 0 Å². The van der Waals surface area contributed by atoms with Crippen LogP contribution in [0.15, 0.2) is 0 Å². The van der Waals surface area contributed by atoms with Crippen molar-refractivity contribution in [3.05, 3.63) is 0 Å². The van der Waals surface area contributed by atoms with E-state index in [1.54, 1.807) is 0 Å². The summed E-state index contributed by atoms with van der Waals surface area (Å²) in [6, 6.07) is 0.660. The maximum Gasteiger partial charge on any atom is 0.0671 e. The third-order valence-electron chi connectivity index (χ3n) is 2.29. The molecule has 2 nitrogen and oxygen atoms in total. The molecule has 0 amide bonds. The average molecular weight is 187 g/mol. The molecule has 0 aromatic rings. The molecule has 0 fully saturated rings. The molecule has 0 saturated heterocycles. The standard InChI is InChI=1S/C11H25NO/c1-5-8-13-10(4)9-12-11(6-2)7-3/h10-12H,5-9H2,1-4H3. The van der Waals surface area contributed by atoms with Gasteiger partial charge in [-0.05, 0) is 26.2 Å². The summed E-state index contributed by atoms with van der Waals surface area (Å²) >= 11 is 0. The van der Waals surface area contributed by atoms with Crippen LogP contribution in [0.3, 0.4) is 0 Å². The van der Waals surface area contributed by atoms with Gasteiger partial charge in [-0.2, -0.15) is 0 Å². The van der Waals surface area contributed by atoms with Gasteiger partial charge in [-0.25, -0.2) is 0 Å². The van der Waals surface area contributed by atoms with E-state index in [0.717, 1.165) is 19.6 Å². The third kappa shape index (κ3) is 7.03. The highest BCUT2D eigenvalue weighted by Crippen LogP contribution is 1.97. The van der Waals surface area contributed by atoms with Gasteiger partial charge in [0.1, 0.15) is 0 Å². The zero-order valence-electron chi connectivity index (χ0n) is 9.60. The van der Waals surface area contributed by atoms with Gasteiger partial charge in [0.05, 0.1) is 6.10 Å². The highest BCUT2D eigenvalue weighted by Gasteiger charge is 2.05. The fourth-order valence-corrected chi connectivity index (χ4v) is 1.29. The van der Waals surface area contributed by atoms with Gasteiger partial charge in [-0.3, -0.25) is 0 Å². The fraction of sp³-hybridized carbons (Fsp3) is 1.00. The Balaban J connectivity index is 3.38. The van der Waals surface area contributed by atoms with Crippen molar-refractivity contribution in [3.63, 3.8) is 0 Å². The Morgan fingerprint density at radius 2 is 1.77 bits per heavy atom. The number of ether oxygens (including phenoxy) is 1. The molecular weight excluding hydrogens is 162 g/mol. The van der Waals surface area contributed by atoms with Crippen LogP contribution in [-0.4, -0.2) is 25.3 Å². The maximum atomic E-state index is 5.57. The highest BCUT2D eigenvalue weighted by atomic mass is 16.5. The van der Waals surface area contributed by atoms with Crippen LogP contribution < -0.4 is 5.32 Å². The topological polar surface area (TPSA) is 21.3 Å². The van der Waals surface area contributed by atoms with Crippen molar-refractivity contribution in [1.82, 2.24) is 5.32 Å². The molecular formula is C11H25NO. The van der Waals surface area contributed by atoms with Crippen LogP contribution in [0.1, 0.15) is 47.0 Å². The molecule has 0 aliphatic heterocycles. The molecule has 0 aromatic heterocycles. The van der Waals surface area contributed by atoms with Crippen LogP contribution in [0.25, 0.3) is 0 Å². The second-order valence-electron chi connectivity index (χ2n) is 3.60. The van der Waals surface area contributed by atoms with E-state index in [-0.39, 0.29) is 0 Å². The first-order valence-electron chi connectivity index (χ1n) is 5.59. The summed E-state index contributed by atoms with van der Waals surface area (Å²) in [4.78, 5) is 0. The lowest BCUT2D eigenvalue weighted by molar-refractivity contribution is 0.0642. The number of nitrogens with one attached hydrogen (secondary N) is 1. The third-order valence-corrected chi connectivity index (χ3v) is 2.29. The first kappa shape index (κ1) is 12.9. The number of hydrogen-bond donors (Lipinski definition) is 1. The molecule has 0 aliphatic carbocycles. The van der Waals surface area contributed by atoms with Crippen molar-refractivity contribution in [1.29, 1.82) is 0 Å². The Hall–Kier alpha value is -0.0800. The van der Waals surface area contributed by atoms with E-state index in [4.69, 9.17) is 4.74 Å². The lowest BCUT2D eigenvalue weighted by Gasteiger charge is -2.18. The minimum atomic E-state index is 0.348. The molecule has 0 spiro atoms. The summed E-state index contributed by atoms with van der Waals surface area (Å²) in [5, 5.41) is 3.50. The largest absolute Gasteiger partial charge is 0.377 e. The average Bonchev–Trinajstić information content (AvgIpc) is 2.16. The van der Waals surface area contributed by atoms with Crippen LogP contribution in [-0.2, 0) is 4.74 Å². The molecule has 0 aliphatic rings. The summed E-state index contributed by atoms with van der Waals surface area (Å²) in [6.45, 7) is 10.6. The zero-order valence-corrected chi connectivity index (χ0v) is 9.60. The van der Waals surface area contributed by atoms with Crippen molar-refractivity contribution in [2.45, 2.75) is 59.1 Å². The quantitative estimate of drug-likeness (QED) is 0.630. The monoisotopic (exact) mass is 187 g/mol. The van der Waals surface area contributed by atoms with Gasteiger partial charge in [0.2, 0.25) is 0 Å². The molecule has 0 heterocycles. The van der Waals surface area contributed by atoms with E-state index in [1.807, 2.05) is 0 Å². The molecule has 0 rings (SSSR count). The van der Waals surface area contributed by atoms with Crippen molar-refractivity contribution in [2.24, 2.45) is 0 Å². The lowest BCUT2D eigenvalue weighted by Crippen LogP contribution is -2.34. The second-order valence-corrected chi connectivity index (χ2v) is 3.60. The van der Waals surface area contributed by atoms with Crippen molar-refractivity contribution in [3.8, 4) is 0 Å². The first-order valence-corrected chi connectivity index (χ1v) is 5.59. The number of rotatable bonds is 8. The van der Waals surface area contributed by atoms with Crippen LogP contribution >= 0.6 is 0 Å². The summed E-state index contributed by atoms with van der Waals surface area (Å²) in [7, 11) is 0. The van der Waals surface area contributed by atoms with E-state index in [1.165, 1.54) is 12.8 Å². The fourth-order valence-electron chi connectivity index (χ4n) is 1.29. The summed E-state index contributed by atoms with van der Waals surface area (Å²) in [5.74, 6) is 0. The second kappa shape index (κ2) is 8.52. The molecule has 0 bridgehead atoms. The predicted octanol–water partition coefficient (Wildman–Crippen LogP) is 2.58. The Morgan fingerprint density at radius 3 is 2.23 bits per heavy atom. The Labute approximate surface area is 83.1 Å². The molecule has 80 valence electrons. The SMILES string of the molecule is CCCOC(C)CNC(CC)CC. The van der Waals surface area contributed by atoms with Gasteiger partial charge in [0, 0.05) is 19.2 Å².